The lowest BCUT2D eigenvalue weighted by Gasteiger charge is -2.31. The van der Waals surface area contributed by atoms with Crippen LogP contribution >= 0.6 is 0 Å². The summed E-state index contributed by atoms with van der Waals surface area (Å²) in [7, 11) is 0. The van der Waals surface area contributed by atoms with Crippen molar-refractivity contribution in [1.29, 1.82) is 0 Å². The predicted molar refractivity (Wildman–Crippen MR) is 79.5 cm³/mol. The maximum atomic E-state index is 12.8. The van der Waals surface area contributed by atoms with Gasteiger partial charge in [-0.05, 0) is 18.1 Å². The molecular weight excluding hydrogens is 318 g/mol. The zero-order valence-corrected chi connectivity index (χ0v) is 12.7. The molecule has 0 saturated heterocycles. The minimum Gasteiger partial charge on any atom is -0.570 e. The van der Waals surface area contributed by atoms with E-state index in [9.17, 15) is 19.9 Å². The van der Waals surface area contributed by atoms with Crippen molar-refractivity contribution in [3.8, 4) is 0 Å². The molecular formula is C14H15N5O5. The Kier molecular flexibility index (Phi) is 3.81. The molecule has 0 saturated carbocycles. The lowest BCUT2D eigenvalue weighted by atomic mass is 10.1. The van der Waals surface area contributed by atoms with Crippen LogP contribution in [0.1, 0.15) is 12.5 Å². The van der Waals surface area contributed by atoms with Gasteiger partial charge in [0, 0.05) is 16.9 Å². The minimum atomic E-state index is -2.35. The van der Waals surface area contributed by atoms with Crippen LogP contribution in [-0.2, 0) is 20.1 Å². The molecule has 2 N–H and O–H groups in total. The number of hydrogen-bond donors (Lipinski definition) is 2. The molecule has 1 unspecified atom stereocenters. The number of nitrogens with zero attached hydrogens (tertiary/aromatic N) is 4. The number of ether oxygens (including phenoxy) is 1. The van der Waals surface area contributed by atoms with Gasteiger partial charge in [-0.25, -0.2) is 5.43 Å². The van der Waals surface area contributed by atoms with E-state index in [-0.39, 0.29) is 23.7 Å². The molecule has 0 fully saturated rings. The minimum absolute atomic E-state index is 0.0581. The fraction of sp³-hybridized carbons (Fsp3) is 0.286. The highest BCUT2D eigenvalue weighted by atomic mass is 16.6. The summed E-state index contributed by atoms with van der Waals surface area (Å²) in [6.45, 7) is 1.43. The third-order valence-electron chi connectivity index (χ3n) is 3.62. The van der Waals surface area contributed by atoms with Crippen LogP contribution < -0.4 is 10.3 Å². The molecule has 10 heteroatoms. The lowest BCUT2D eigenvalue weighted by Crippen LogP contribution is -2.60. The van der Waals surface area contributed by atoms with Gasteiger partial charge in [-0.15, -0.1) is 0 Å². The van der Waals surface area contributed by atoms with Crippen molar-refractivity contribution >= 4 is 17.6 Å². The maximum absolute atomic E-state index is 12.8. The van der Waals surface area contributed by atoms with E-state index in [1.807, 2.05) is 0 Å². The average molecular weight is 333 g/mol. The Morgan fingerprint density at radius 2 is 2.25 bits per heavy atom. The van der Waals surface area contributed by atoms with Crippen LogP contribution in [0.5, 0.6) is 0 Å². The normalized spacial score (nSPS) is 22.1. The van der Waals surface area contributed by atoms with E-state index in [1.165, 1.54) is 18.5 Å². The molecule has 1 amide bonds. The van der Waals surface area contributed by atoms with Gasteiger partial charge < -0.3 is 15.1 Å². The number of hydrogen-bond acceptors (Lipinski definition) is 8. The molecule has 10 nitrogen and oxygen atoms in total. The van der Waals surface area contributed by atoms with Crippen molar-refractivity contribution < 1.29 is 24.4 Å². The number of anilines is 1. The van der Waals surface area contributed by atoms with Crippen molar-refractivity contribution in [2.45, 2.75) is 12.6 Å². The molecule has 2 heterocycles. The first-order valence-electron chi connectivity index (χ1n) is 7.19. The Hall–Kier alpha value is -3.14. The predicted octanol–water partition coefficient (Wildman–Crippen LogP) is -0.0897. The van der Waals surface area contributed by atoms with Gasteiger partial charge in [0.15, 0.2) is 0 Å². The number of esters is 1. The number of carbonyl (C=O) groups is 2. The molecule has 0 spiro atoms. The lowest BCUT2D eigenvalue weighted by molar-refractivity contribution is -0.732. The number of nitrogens with one attached hydrogen (secondary N) is 1. The number of fused-ring (bicyclic) bond motifs is 1. The summed E-state index contributed by atoms with van der Waals surface area (Å²) in [5.41, 5.74) is 0.592. The number of carbonyl (C=O) groups excluding carboxylic acids is 2. The van der Waals surface area contributed by atoms with E-state index >= 15 is 0 Å². The molecule has 0 aliphatic carbocycles. The fourth-order valence-electron chi connectivity index (χ4n) is 2.63. The van der Waals surface area contributed by atoms with Crippen LogP contribution in [0.15, 0.2) is 41.8 Å². The maximum Gasteiger partial charge on any atom is 0.326 e. The first kappa shape index (κ1) is 15.7. The van der Waals surface area contributed by atoms with Crippen molar-refractivity contribution in [2.24, 2.45) is 5.11 Å². The number of benzene rings is 1. The first-order chi connectivity index (χ1) is 11.5. The summed E-state index contributed by atoms with van der Waals surface area (Å²) in [4.78, 5) is 25.7. The number of rotatable bonds is 4. The second-order valence-corrected chi connectivity index (χ2v) is 5.01. The third-order valence-corrected chi connectivity index (χ3v) is 3.62. The summed E-state index contributed by atoms with van der Waals surface area (Å²) in [5.74, 6) is -1.49. The fourth-order valence-corrected chi connectivity index (χ4v) is 2.63. The quantitative estimate of drug-likeness (QED) is 0.449. The molecule has 3 rings (SSSR count). The zero-order valence-electron chi connectivity index (χ0n) is 12.7. The van der Waals surface area contributed by atoms with Crippen LogP contribution in [-0.4, -0.2) is 40.2 Å². The molecule has 0 bridgehead atoms. The first-order valence-corrected chi connectivity index (χ1v) is 7.19. The molecule has 0 aromatic heterocycles. The highest BCUT2D eigenvalue weighted by Crippen LogP contribution is 2.41. The molecule has 2 aliphatic rings. The SMILES string of the molecule is CCOC(=O)CN1C(=O)C(O)(N2NC=CN=[N+]2[O-])c2ccccc21. The van der Waals surface area contributed by atoms with E-state index in [4.69, 9.17) is 4.74 Å². The Morgan fingerprint density at radius 3 is 2.96 bits per heavy atom. The van der Waals surface area contributed by atoms with Gasteiger partial charge in [0.2, 0.25) is 0 Å². The highest BCUT2D eigenvalue weighted by Gasteiger charge is 2.59. The number of aliphatic hydroxyl groups is 1. The molecule has 24 heavy (non-hydrogen) atoms. The van der Waals surface area contributed by atoms with Crippen LogP contribution in [0.3, 0.4) is 0 Å². The Bertz CT molecular complexity index is 749. The molecule has 1 atom stereocenters. The zero-order chi connectivity index (χ0) is 17.3. The monoisotopic (exact) mass is 333 g/mol. The van der Waals surface area contributed by atoms with E-state index in [0.717, 1.165) is 4.90 Å². The second kappa shape index (κ2) is 5.81. The van der Waals surface area contributed by atoms with Crippen molar-refractivity contribution in [3.05, 3.63) is 47.4 Å². The van der Waals surface area contributed by atoms with Gasteiger partial charge in [-0.3, -0.25) is 14.5 Å². The summed E-state index contributed by atoms with van der Waals surface area (Å²) in [6, 6.07) is 6.32. The Balaban J connectivity index is 2.03. The highest BCUT2D eigenvalue weighted by molar-refractivity contribution is 6.08. The number of para-hydroxylation sites is 1. The molecule has 126 valence electrons. The summed E-state index contributed by atoms with van der Waals surface area (Å²) < 4.78 is 4.86. The van der Waals surface area contributed by atoms with Gasteiger partial charge >= 0.3 is 11.7 Å². The third kappa shape index (κ3) is 2.24. The Morgan fingerprint density at radius 1 is 1.50 bits per heavy atom. The summed E-state index contributed by atoms with van der Waals surface area (Å²) >= 11 is 0. The van der Waals surface area contributed by atoms with Gasteiger partial charge in [0.05, 0.1) is 17.3 Å². The number of hydrazine groups is 2. The smallest absolute Gasteiger partial charge is 0.326 e. The van der Waals surface area contributed by atoms with E-state index < -0.39 is 17.6 Å². The van der Waals surface area contributed by atoms with Gasteiger partial charge in [-0.2, -0.15) is 0 Å². The van der Waals surface area contributed by atoms with Crippen molar-refractivity contribution in [1.82, 2.24) is 10.5 Å². The van der Waals surface area contributed by atoms with Crippen LogP contribution in [0, 0.1) is 5.21 Å². The van der Waals surface area contributed by atoms with Crippen LogP contribution in [0.2, 0.25) is 0 Å². The largest absolute Gasteiger partial charge is 0.570 e. The molecule has 0 radical (unpaired) electrons. The number of amides is 1. The van der Waals surface area contributed by atoms with Gasteiger partial charge in [0.1, 0.15) is 12.7 Å². The van der Waals surface area contributed by atoms with Crippen molar-refractivity contribution in [2.75, 3.05) is 18.1 Å². The van der Waals surface area contributed by atoms with E-state index in [2.05, 4.69) is 10.5 Å². The Labute approximate surface area is 136 Å². The molecule has 1 aromatic rings. The van der Waals surface area contributed by atoms with Crippen LogP contribution in [0.4, 0.5) is 5.69 Å². The van der Waals surface area contributed by atoms with Gasteiger partial charge in [-0.1, -0.05) is 18.2 Å². The van der Waals surface area contributed by atoms with Crippen molar-refractivity contribution in [3.63, 3.8) is 0 Å². The standard InChI is InChI=1S/C14H15N5O5/c1-2-24-12(20)9-17-11-6-4-3-5-10(11)14(22,13(17)21)18-15-7-8-16-19(18)23/h3-8,15,22H,2,9H2,1H3. The van der Waals surface area contributed by atoms with E-state index in [1.54, 1.807) is 25.1 Å². The topological polar surface area (TPSA) is 121 Å². The average Bonchev–Trinajstić information content (AvgIpc) is 2.79. The summed E-state index contributed by atoms with van der Waals surface area (Å²) in [5, 5.41) is 27.0. The van der Waals surface area contributed by atoms with Gasteiger partial charge in [0.25, 0.3) is 5.91 Å². The second-order valence-electron chi connectivity index (χ2n) is 5.01. The van der Waals surface area contributed by atoms with Crippen LogP contribution in [0.25, 0.3) is 0 Å². The van der Waals surface area contributed by atoms with E-state index in [0.29, 0.717) is 10.8 Å². The molecule has 2 aliphatic heterocycles. The molecule has 1 aromatic carbocycles. The summed E-state index contributed by atoms with van der Waals surface area (Å²) in [6.07, 6.45) is 2.46.